The molecule has 0 saturated carbocycles. The van der Waals surface area contributed by atoms with Crippen LogP contribution in [0.15, 0.2) is 45.5 Å². The van der Waals surface area contributed by atoms with Crippen LogP contribution in [-0.4, -0.2) is 29.7 Å². The smallest absolute Gasteiger partial charge is 0.460 e. The molecule has 0 bridgehead atoms. The van der Waals surface area contributed by atoms with Crippen LogP contribution in [-0.2, 0) is 4.74 Å². The highest BCUT2D eigenvalue weighted by Gasteiger charge is 2.12. The van der Waals surface area contributed by atoms with Gasteiger partial charge < -0.3 is 19.2 Å². The van der Waals surface area contributed by atoms with Crippen molar-refractivity contribution in [1.29, 1.82) is 0 Å². The number of carbonyl (C=O) groups is 1. The van der Waals surface area contributed by atoms with E-state index in [4.69, 9.17) is 19.2 Å². The molecule has 0 fully saturated rings. The largest absolute Gasteiger partial charge is 0.489 e. The molecular weight excluding hydrogens is 315 g/mol. The zero-order chi connectivity index (χ0) is 16.8. The topological polar surface area (TPSA) is 79.9 Å². The number of aryl methyl sites for hydroxylation is 1. The lowest BCUT2D eigenvalue weighted by molar-refractivity contribution is 0.0492. The van der Waals surface area contributed by atoms with E-state index in [0.29, 0.717) is 17.7 Å². The number of carbonyl (C=O) groups excluding carboxylic acids is 1. The van der Waals surface area contributed by atoms with Crippen molar-refractivity contribution in [1.82, 2.24) is 0 Å². The van der Waals surface area contributed by atoms with Crippen molar-refractivity contribution in [2.24, 2.45) is 0 Å². The van der Waals surface area contributed by atoms with Crippen LogP contribution < -0.4 is 5.46 Å². The highest BCUT2D eigenvalue weighted by Crippen LogP contribution is 2.21. The Morgan fingerprint density at radius 3 is 2.65 bits per heavy atom. The molecule has 0 spiro atoms. The first-order chi connectivity index (χ1) is 11.0. The van der Waals surface area contributed by atoms with Crippen LogP contribution in [0.3, 0.4) is 0 Å². The van der Waals surface area contributed by atoms with Crippen molar-refractivity contribution in [3.05, 3.63) is 52.4 Å². The maximum atomic E-state index is 11.4. The van der Waals surface area contributed by atoms with Gasteiger partial charge in [-0.15, -0.1) is 0 Å². The number of thiophene rings is 1. The number of fused-ring (bicyclic) bond motifs is 1. The standard InChI is InChI=1S/C12H12O3.C4H5BO2S/c1-3-14-12(13)11-7-9-6-8(2)4-5-10(9)15-11;6-5(7)4-1-2-8-3-4/h4-7H,3H2,1-2H3;1-3,6-7H. The molecule has 0 atom stereocenters. The monoisotopic (exact) mass is 332 g/mol. The average molecular weight is 332 g/mol. The third-order valence-corrected chi connectivity index (χ3v) is 3.69. The molecule has 0 unspecified atom stereocenters. The van der Waals surface area contributed by atoms with E-state index >= 15 is 0 Å². The summed E-state index contributed by atoms with van der Waals surface area (Å²) in [5, 5.41) is 21.4. The zero-order valence-electron chi connectivity index (χ0n) is 12.9. The number of hydrogen-bond acceptors (Lipinski definition) is 6. The molecule has 5 nitrogen and oxygen atoms in total. The van der Waals surface area contributed by atoms with Crippen LogP contribution in [0.4, 0.5) is 0 Å². The van der Waals surface area contributed by atoms with E-state index in [2.05, 4.69) is 0 Å². The lowest BCUT2D eigenvalue weighted by Crippen LogP contribution is -2.27. The van der Waals surface area contributed by atoms with E-state index in [1.165, 1.54) is 11.3 Å². The fourth-order valence-electron chi connectivity index (χ4n) is 1.89. The van der Waals surface area contributed by atoms with Gasteiger partial charge >= 0.3 is 13.1 Å². The summed E-state index contributed by atoms with van der Waals surface area (Å²) < 4.78 is 10.2. The van der Waals surface area contributed by atoms with Gasteiger partial charge in [-0.25, -0.2) is 4.79 Å². The second kappa shape index (κ2) is 7.96. The highest BCUT2D eigenvalue weighted by molar-refractivity contribution is 7.09. The summed E-state index contributed by atoms with van der Waals surface area (Å²) in [6.45, 7) is 4.12. The summed E-state index contributed by atoms with van der Waals surface area (Å²) in [5.74, 6) is -0.149. The van der Waals surface area contributed by atoms with E-state index in [9.17, 15) is 4.79 Å². The van der Waals surface area contributed by atoms with Crippen molar-refractivity contribution in [2.45, 2.75) is 13.8 Å². The van der Waals surface area contributed by atoms with Gasteiger partial charge in [0.25, 0.3) is 0 Å². The minimum Gasteiger partial charge on any atom is -0.460 e. The highest BCUT2D eigenvalue weighted by atomic mass is 32.1. The van der Waals surface area contributed by atoms with Gasteiger partial charge in [-0.3, -0.25) is 0 Å². The molecule has 0 aliphatic rings. The maximum Gasteiger partial charge on any atom is 0.489 e. The number of ether oxygens (including phenoxy) is 1. The minimum absolute atomic E-state index is 0.262. The van der Waals surface area contributed by atoms with E-state index < -0.39 is 13.1 Å². The Hall–Kier alpha value is -2.09. The third kappa shape index (κ3) is 4.69. The summed E-state index contributed by atoms with van der Waals surface area (Å²) in [4.78, 5) is 11.4. The fourth-order valence-corrected chi connectivity index (χ4v) is 2.56. The maximum absolute atomic E-state index is 11.4. The van der Waals surface area contributed by atoms with Crippen LogP contribution in [0.1, 0.15) is 23.0 Å². The second-order valence-electron chi connectivity index (χ2n) is 4.80. The summed E-state index contributed by atoms with van der Waals surface area (Å²) in [6.07, 6.45) is 0. The van der Waals surface area contributed by atoms with Crippen molar-refractivity contribution >= 4 is 40.9 Å². The first kappa shape index (κ1) is 17.3. The van der Waals surface area contributed by atoms with E-state index in [1.54, 1.807) is 29.8 Å². The van der Waals surface area contributed by atoms with E-state index in [1.807, 2.05) is 25.1 Å². The van der Waals surface area contributed by atoms with Crippen molar-refractivity contribution < 1.29 is 24.0 Å². The van der Waals surface area contributed by atoms with Gasteiger partial charge in [-0.1, -0.05) is 17.7 Å². The Bertz CT molecular complexity index is 764. The molecule has 3 aromatic rings. The van der Waals surface area contributed by atoms with Gasteiger partial charge in [0, 0.05) is 5.39 Å². The van der Waals surface area contributed by atoms with Crippen molar-refractivity contribution in [3.8, 4) is 0 Å². The fraction of sp³-hybridized carbons (Fsp3) is 0.188. The van der Waals surface area contributed by atoms with E-state index in [0.717, 1.165) is 10.9 Å². The Morgan fingerprint density at radius 1 is 1.30 bits per heavy atom. The first-order valence-corrected chi connectivity index (χ1v) is 8.01. The van der Waals surface area contributed by atoms with Crippen LogP contribution in [0, 0.1) is 6.92 Å². The van der Waals surface area contributed by atoms with Gasteiger partial charge in [0.2, 0.25) is 5.76 Å². The third-order valence-electron chi connectivity index (χ3n) is 2.99. The molecule has 0 radical (unpaired) electrons. The lowest BCUT2D eigenvalue weighted by Gasteiger charge is -1.95. The molecule has 0 saturated heterocycles. The molecular formula is C16H17BO5S. The van der Waals surface area contributed by atoms with Crippen molar-refractivity contribution in [2.75, 3.05) is 6.61 Å². The average Bonchev–Trinajstić information content (AvgIpc) is 3.17. The Kier molecular flexibility index (Phi) is 5.98. The van der Waals surface area contributed by atoms with Crippen LogP contribution in [0.25, 0.3) is 11.0 Å². The molecule has 2 aromatic heterocycles. The quantitative estimate of drug-likeness (QED) is 0.568. The van der Waals surface area contributed by atoms with Crippen LogP contribution >= 0.6 is 11.3 Å². The predicted octanol–water partition coefficient (Wildman–Crippen LogP) is 2.35. The summed E-state index contributed by atoms with van der Waals surface area (Å²) in [5.41, 5.74) is 2.41. The Morgan fingerprint density at radius 2 is 2.09 bits per heavy atom. The molecule has 120 valence electrons. The van der Waals surface area contributed by atoms with Crippen LogP contribution in [0.2, 0.25) is 0 Å². The number of benzene rings is 1. The zero-order valence-corrected chi connectivity index (χ0v) is 13.7. The van der Waals surface area contributed by atoms with Gasteiger partial charge in [-0.2, -0.15) is 11.3 Å². The molecule has 0 aliphatic carbocycles. The summed E-state index contributed by atoms with van der Waals surface area (Å²) in [7, 11) is -1.30. The van der Waals surface area contributed by atoms with Gasteiger partial charge in [-0.05, 0) is 48.3 Å². The molecule has 2 N–H and O–H groups in total. The van der Waals surface area contributed by atoms with Gasteiger partial charge in [0.05, 0.1) is 6.61 Å². The van der Waals surface area contributed by atoms with Gasteiger partial charge in [0.15, 0.2) is 0 Å². The number of rotatable bonds is 3. The Labute approximate surface area is 138 Å². The molecule has 3 rings (SSSR count). The minimum atomic E-state index is -1.30. The van der Waals surface area contributed by atoms with Crippen LogP contribution in [0.5, 0.6) is 0 Å². The first-order valence-electron chi connectivity index (χ1n) is 7.06. The molecule has 1 aromatic carbocycles. The molecule has 23 heavy (non-hydrogen) atoms. The lowest BCUT2D eigenvalue weighted by atomic mass is 9.83. The second-order valence-corrected chi connectivity index (χ2v) is 5.58. The molecule has 0 aliphatic heterocycles. The summed E-state index contributed by atoms with van der Waals surface area (Å²) in [6, 6.07) is 9.16. The van der Waals surface area contributed by atoms with Crippen molar-refractivity contribution in [3.63, 3.8) is 0 Å². The number of esters is 1. The Balaban J connectivity index is 0.000000203. The predicted molar refractivity (Wildman–Crippen MR) is 91.1 cm³/mol. The SMILES string of the molecule is CCOC(=O)c1cc2cc(C)ccc2o1.OB(O)c1ccsc1. The molecule has 0 amide bonds. The molecule has 7 heteroatoms. The molecule has 2 heterocycles. The normalized spacial score (nSPS) is 10.1. The number of hydrogen-bond donors (Lipinski definition) is 2. The van der Waals surface area contributed by atoms with Gasteiger partial charge in [0.1, 0.15) is 5.58 Å². The van der Waals surface area contributed by atoms with E-state index in [-0.39, 0.29) is 5.76 Å². The number of furan rings is 1. The summed E-state index contributed by atoms with van der Waals surface area (Å²) >= 11 is 1.45.